The Labute approximate surface area is 156 Å². The number of aryl methyl sites for hydroxylation is 1. The van der Waals surface area contributed by atoms with Crippen LogP contribution in [0.15, 0.2) is 17.4 Å². The predicted molar refractivity (Wildman–Crippen MR) is 101 cm³/mol. The van der Waals surface area contributed by atoms with Crippen molar-refractivity contribution in [3.8, 4) is 0 Å². The maximum Gasteiger partial charge on any atom is 0.191 e. The summed E-state index contributed by atoms with van der Waals surface area (Å²) in [6.07, 6.45) is 6.88. The fourth-order valence-corrected chi connectivity index (χ4v) is 2.74. The summed E-state index contributed by atoms with van der Waals surface area (Å²) in [4.78, 5) is 4.50. The largest absolute Gasteiger partial charge is 0.383 e. The predicted octanol–water partition coefficient (Wildman–Crippen LogP) is 0.768. The van der Waals surface area contributed by atoms with Crippen LogP contribution in [0.4, 0.5) is 0 Å². The van der Waals surface area contributed by atoms with Crippen molar-refractivity contribution in [2.45, 2.75) is 44.8 Å². The van der Waals surface area contributed by atoms with Gasteiger partial charge in [-0.2, -0.15) is 5.10 Å². The highest BCUT2D eigenvalue weighted by atomic mass is 16.5. The zero-order valence-corrected chi connectivity index (χ0v) is 16.2. The van der Waals surface area contributed by atoms with E-state index in [2.05, 4.69) is 20.7 Å². The molecule has 8 heteroatoms. The first kappa shape index (κ1) is 20.7. The molecular formula is C18H33N5O3. The lowest BCUT2D eigenvalue weighted by atomic mass is 10.0. The Kier molecular flexibility index (Phi) is 8.34. The van der Waals surface area contributed by atoms with E-state index in [1.54, 1.807) is 24.0 Å². The van der Waals surface area contributed by atoms with Gasteiger partial charge in [0, 0.05) is 45.1 Å². The smallest absolute Gasteiger partial charge is 0.191 e. The number of hydrogen-bond donors (Lipinski definition) is 3. The van der Waals surface area contributed by atoms with Crippen molar-refractivity contribution in [1.29, 1.82) is 0 Å². The van der Waals surface area contributed by atoms with Crippen LogP contribution in [0.3, 0.4) is 0 Å². The fraction of sp³-hybridized carbons (Fsp3) is 0.778. The number of aromatic nitrogens is 2. The van der Waals surface area contributed by atoms with Gasteiger partial charge in [-0.25, -0.2) is 4.99 Å². The van der Waals surface area contributed by atoms with E-state index in [9.17, 15) is 5.11 Å². The van der Waals surface area contributed by atoms with Crippen LogP contribution in [0.2, 0.25) is 0 Å². The summed E-state index contributed by atoms with van der Waals surface area (Å²) < 4.78 is 12.9. The molecule has 1 fully saturated rings. The minimum atomic E-state index is -1.05. The molecule has 0 bridgehead atoms. The van der Waals surface area contributed by atoms with Crippen LogP contribution in [-0.2, 0) is 22.1 Å². The van der Waals surface area contributed by atoms with Gasteiger partial charge in [0.15, 0.2) is 5.96 Å². The van der Waals surface area contributed by atoms with Gasteiger partial charge in [0.2, 0.25) is 0 Å². The standard InChI is InChI=1S/C18H33N5O3/c1-4-19-17(20-8-6-9-25-13-16-7-5-10-26-16)21-14-18(2,24)15-11-22-23(3)12-15/h11-12,16,24H,4-10,13-14H2,1-3H3,(H2,19,20,21). The van der Waals surface area contributed by atoms with Crippen LogP contribution < -0.4 is 10.6 Å². The minimum absolute atomic E-state index is 0.254. The van der Waals surface area contributed by atoms with E-state index in [0.29, 0.717) is 19.2 Å². The molecule has 2 unspecified atom stereocenters. The van der Waals surface area contributed by atoms with Gasteiger partial charge in [-0.05, 0) is 33.1 Å². The third kappa shape index (κ3) is 6.93. The Morgan fingerprint density at radius 1 is 1.54 bits per heavy atom. The number of rotatable bonds is 10. The lowest BCUT2D eigenvalue weighted by Gasteiger charge is -2.20. The number of aliphatic hydroxyl groups is 1. The second kappa shape index (κ2) is 10.5. The first-order valence-corrected chi connectivity index (χ1v) is 9.44. The van der Waals surface area contributed by atoms with Crippen molar-refractivity contribution in [2.24, 2.45) is 12.0 Å². The molecule has 8 nitrogen and oxygen atoms in total. The van der Waals surface area contributed by atoms with E-state index in [1.807, 2.05) is 14.0 Å². The molecule has 2 rings (SSSR count). The van der Waals surface area contributed by atoms with Gasteiger partial charge >= 0.3 is 0 Å². The van der Waals surface area contributed by atoms with Crippen LogP contribution in [0.5, 0.6) is 0 Å². The summed E-state index contributed by atoms with van der Waals surface area (Å²) in [5.74, 6) is 0.691. The van der Waals surface area contributed by atoms with Crippen molar-refractivity contribution < 1.29 is 14.6 Å². The van der Waals surface area contributed by atoms with E-state index >= 15 is 0 Å². The van der Waals surface area contributed by atoms with Gasteiger partial charge in [0.25, 0.3) is 0 Å². The molecule has 3 N–H and O–H groups in total. The first-order valence-electron chi connectivity index (χ1n) is 9.44. The summed E-state index contributed by atoms with van der Waals surface area (Å²) in [6.45, 7) is 7.77. The quantitative estimate of drug-likeness (QED) is 0.321. The highest BCUT2D eigenvalue weighted by Gasteiger charge is 2.24. The SMILES string of the molecule is CCNC(=NCC(C)(O)c1cnn(C)c1)NCCCOCC1CCCO1. The van der Waals surface area contributed by atoms with E-state index in [1.165, 1.54) is 0 Å². The number of hydrogen-bond acceptors (Lipinski definition) is 5. The van der Waals surface area contributed by atoms with E-state index in [0.717, 1.165) is 44.5 Å². The van der Waals surface area contributed by atoms with Gasteiger partial charge in [0.1, 0.15) is 5.60 Å². The Morgan fingerprint density at radius 3 is 3.04 bits per heavy atom. The molecule has 0 aromatic carbocycles. The summed E-state index contributed by atoms with van der Waals surface area (Å²) in [7, 11) is 1.83. The molecule has 1 aromatic rings. The highest BCUT2D eigenvalue weighted by Crippen LogP contribution is 2.19. The van der Waals surface area contributed by atoms with Gasteiger partial charge in [-0.1, -0.05) is 0 Å². The van der Waals surface area contributed by atoms with Crippen molar-refractivity contribution >= 4 is 5.96 Å². The third-order valence-corrected chi connectivity index (χ3v) is 4.30. The molecule has 0 spiro atoms. The van der Waals surface area contributed by atoms with Crippen molar-refractivity contribution in [3.63, 3.8) is 0 Å². The number of ether oxygens (including phenoxy) is 2. The van der Waals surface area contributed by atoms with E-state index in [-0.39, 0.29) is 12.6 Å². The topological polar surface area (TPSA) is 92.9 Å². The Hall–Kier alpha value is -1.64. The van der Waals surface area contributed by atoms with Crippen molar-refractivity contribution in [1.82, 2.24) is 20.4 Å². The highest BCUT2D eigenvalue weighted by molar-refractivity contribution is 5.79. The second-order valence-electron chi connectivity index (χ2n) is 6.86. The zero-order valence-electron chi connectivity index (χ0n) is 16.2. The Balaban J connectivity index is 1.70. The van der Waals surface area contributed by atoms with Gasteiger partial charge < -0.3 is 25.2 Å². The fourth-order valence-electron chi connectivity index (χ4n) is 2.74. The maximum atomic E-state index is 10.6. The zero-order chi connectivity index (χ0) is 18.8. The molecule has 0 aliphatic carbocycles. The van der Waals surface area contributed by atoms with Gasteiger partial charge in [0.05, 0.1) is 25.5 Å². The minimum Gasteiger partial charge on any atom is -0.383 e. The molecule has 0 radical (unpaired) electrons. The molecule has 148 valence electrons. The second-order valence-corrected chi connectivity index (χ2v) is 6.86. The maximum absolute atomic E-state index is 10.6. The van der Waals surface area contributed by atoms with Crippen LogP contribution in [0.1, 0.15) is 38.7 Å². The average molecular weight is 367 g/mol. The molecule has 26 heavy (non-hydrogen) atoms. The summed E-state index contributed by atoms with van der Waals surface area (Å²) in [6, 6.07) is 0. The number of aliphatic imine (C=N–C) groups is 1. The molecule has 2 heterocycles. The molecule has 1 aliphatic rings. The number of nitrogens with one attached hydrogen (secondary N) is 2. The molecule has 1 aliphatic heterocycles. The normalized spacial score (nSPS) is 20.2. The van der Waals surface area contributed by atoms with Gasteiger partial charge in [-0.3, -0.25) is 4.68 Å². The Bertz CT molecular complexity index is 553. The van der Waals surface area contributed by atoms with Crippen molar-refractivity contribution in [3.05, 3.63) is 18.0 Å². The lowest BCUT2D eigenvalue weighted by Crippen LogP contribution is -2.39. The molecule has 0 saturated carbocycles. The van der Waals surface area contributed by atoms with Crippen LogP contribution in [0.25, 0.3) is 0 Å². The summed E-state index contributed by atoms with van der Waals surface area (Å²) in [5.41, 5.74) is -0.303. The van der Waals surface area contributed by atoms with Crippen molar-refractivity contribution in [2.75, 3.05) is 39.5 Å². The third-order valence-electron chi connectivity index (χ3n) is 4.30. The van der Waals surface area contributed by atoms with Crippen LogP contribution >= 0.6 is 0 Å². The first-order chi connectivity index (χ1) is 12.5. The monoisotopic (exact) mass is 367 g/mol. The molecule has 1 saturated heterocycles. The van der Waals surface area contributed by atoms with Crippen LogP contribution in [-0.4, -0.2) is 66.4 Å². The molecule has 0 amide bonds. The van der Waals surface area contributed by atoms with Crippen LogP contribution in [0, 0.1) is 0 Å². The summed E-state index contributed by atoms with van der Waals surface area (Å²) in [5, 5.41) is 21.2. The molecule has 2 atom stereocenters. The Morgan fingerprint density at radius 2 is 2.38 bits per heavy atom. The molecule has 1 aromatic heterocycles. The summed E-state index contributed by atoms with van der Waals surface area (Å²) >= 11 is 0. The van der Waals surface area contributed by atoms with E-state index in [4.69, 9.17) is 9.47 Å². The lowest BCUT2D eigenvalue weighted by molar-refractivity contribution is 0.0168. The average Bonchev–Trinajstić information content (AvgIpc) is 3.27. The molecular weight excluding hydrogens is 334 g/mol. The van der Waals surface area contributed by atoms with Gasteiger partial charge in [-0.15, -0.1) is 0 Å². The number of nitrogens with zero attached hydrogens (tertiary/aromatic N) is 3. The number of guanidine groups is 1. The van der Waals surface area contributed by atoms with E-state index < -0.39 is 5.60 Å².